The van der Waals surface area contributed by atoms with Crippen LogP contribution in [0.2, 0.25) is 0 Å². The fourth-order valence-electron chi connectivity index (χ4n) is 3.19. The largest absolute Gasteiger partial charge is 0.500 e. The van der Waals surface area contributed by atoms with Crippen LogP contribution in [0.25, 0.3) is 6.08 Å². The van der Waals surface area contributed by atoms with Crippen molar-refractivity contribution in [3.63, 3.8) is 0 Å². The van der Waals surface area contributed by atoms with Gasteiger partial charge in [-0.05, 0) is 31.6 Å². The number of aliphatic carboxylic acids is 1. The quantitative estimate of drug-likeness (QED) is 0.135. The van der Waals surface area contributed by atoms with E-state index in [2.05, 4.69) is 0 Å². The van der Waals surface area contributed by atoms with Crippen molar-refractivity contribution < 1.29 is 49.5 Å². The van der Waals surface area contributed by atoms with Crippen LogP contribution in [-0.2, 0) is 14.3 Å². The van der Waals surface area contributed by atoms with E-state index in [1.54, 1.807) is 19.9 Å². The van der Waals surface area contributed by atoms with E-state index < -0.39 is 64.7 Å². The number of nitriles is 1. The molecule has 5 unspecified atom stereocenters. The third-order valence-corrected chi connectivity index (χ3v) is 5.04. The third-order valence-electron chi connectivity index (χ3n) is 5.04. The van der Waals surface area contributed by atoms with Gasteiger partial charge < -0.3 is 39.9 Å². The molecule has 1 fully saturated rings. The van der Waals surface area contributed by atoms with Gasteiger partial charge in [0.1, 0.15) is 30.0 Å². The van der Waals surface area contributed by atoms with Gasteiger partial charge in [0.05, 0.1) is 4.92 Å². The van der Waals surface area contributed by atoms with Crippen molar-refractivity contribution in [3.05, 3.63) is 33.4 Å². The zero-order valence-corrected chi connectivity index (χ0v) is 18.1. The summed E-state index contributed by atoms with van der Waals surface area (Å²) in [6.07, 6.45) is -8.97. The molecule has 1 aliphatic rings. The third kappa shape index (κ3) is 5.41. The Bertz CT molecular complexity index is 1030. The maximum absolute atomic E-state index is 12.5. The average Bonchev–Trinajstić information content (AvgIpc) is 2.79. The number of carbonyl (C=O) groups excluding carboxylic acids is 1. The summed E-state index contributed by atoms with van der Waals surface area (Å²) < 4.78 is 10.2. The molecule has 14 heteroatoms. The zero-order valence-electron chi connectivity index (χ0n) is 18.1. The molecule has 2 rings (SSSR count). The first-order chi connectivity index (χ1) is 16.0. The van der Waals surface area contributed by atoms with Gasteiger partial charge in [0, 0.05) is 19.2 Å². The first-order valence-corrected chi connectivity index (χ1v) is 9.98. The van der Waals surface area contributed by atoms with Crippen molar-refractivity contribution in [1.29, 1.82) is 5.26 Å². The topological polar surface area (TPSA) is 224 Å². The van der Waals surface area contributed by atoms with Crippen LogP contribution in [0.15, 0.2) is 17.7 Å². The fourth-order valence-corrected chi connectivity index (χ4v) is 3.19. The number of aromatic hydroxyl groups is 1. The molecule has 1 amide bonds. The van der Waals surface area contributed by atoms with E-state index in [0.29, 0.717) is 13.1 Å². The van der Waals surface area contributed by atoms with Crippen molar-refractivity contribution in [2.24, 2.45) is 0 Å². The summed E-state index contributed by atoms with van der Waals surface area (Å²) in [4.78, 5) is 35.5. The maximum atomic E-state index is 12.5. The fraction of sp³-hybridized carbons (Fsp3) is 0.450. The Morgan fingerprint density at radius 2 is 1.85 bits per heavy atom. The van der Waals surface area contributed by atoms with Gasteiger partial charge in [-0.2, -0.15) is 5.26 Å². The van der Waals surface area contributed by atoms with Crippen molar-refractivity contribution in [3.8, 4) is 17.6 Å². The van der Waals surface area contributed by atoms with Gasteiger partial charge in [0.15, 0.2) is 11.9 Å². The van der Waals surface area contributed by atoms with Crippen LogP contribution < -0.4 is 4.74 Å². The van der Waals surface area contributed by atoms with Gasteiger partial charge in [0.25, 0.3) is 5.91 Å². The van der Waals surface area contributed by atoms with Gasteiger partial charge in [-0.3, -0.25) is 14.9 Å². The molecule has 34 heavy (non-hydrogen) atoms. The summed E-state index contributed by atoms with van der Waals surface area (Å²) in [6.45, 7) is 3.99. The van der Waals surface area contributed by atoms with Gasteiger partial charge in [-0.25, -0.2) is 4.79 Å². The van der Waals surface area contributed by atoms with Crippen LogP contribution >= 0.6 is 0 Å². The molecule has 1 aromatic rings. The van der Waals surface area contributed by atoms with Crippen molar-refractivity contribution in [2.75, 3.05) is 13.1 Å². The number of benzene rings is 1. The number of hydrogen-bond acceptors (Lipinski definition) is 11. The van der Waals surface area contributed by atoms with Crippen LogP contribution in [0, 0.1) is 21.4 Å². The number of nitro groups is 1. The molecule has 5 atom stereocenters. The smallest absolute Gasteiger partial charge is 0.335 e. The lowest BCUT2D eigenvalue weighted by atomic mass is 9.99. The summed E-state index contributed by atoms with van der Waals surface area (Å²) in [5.74, 6) is -4.03. The summed E-state index contributed by atoms with van der Waals surface area (Å²) in [5, 5.41) is 70.0. The Balaban J connectivity index is 2.51. The molecule has 1 aliphatic heterocycles. The Morgan fingerprint density at radius 1 is 1.24 bits per heavy atom. The minimum absolute atomic E-state index is 0.114. The van der Waals surface area contributed by atoms with E-state index in [-0.39, 0.29) is 11.1 Å². The van der Waals surface area contributed by atoms with Crippen molar-refractivity contribution in [2.45, 2.75) is 44.6 Å². The average molecular weight is 481 g/mol. The number of carboxylic acid groups (broad SMARTS) is 1. The standard InChI is InChI=1S/C20H23N3O11/c1-3-22(4-2)18(28)10(8-21)5-9-6-11(23(31)32)13(24)12(7-9)33-20-16(27)14(25)15(26)17(34-20)19(29)30/h5-7,14-17,20,24-27H,3-4H2,1-2H3,(H,29,30)/b10-5+. The van der Waals surface area contributed by atoms with E-state index in [4.69, 9.17) is 14.6 Å². The summed E-state index contributed by atoms with van der Waals surface area (Å²) in [7, 11) is 0. The highest BCUT2D eigenvalue weighted by Crippen LogP contribution is 2.39. The molecular weight excluding hydrogens is 458 g/mol. The molecule has 184 valence electrons. The molecule has 0 spiro atoms. The number of nitro benzene ring substituents is 1. The minimum Gasteiger partial charge on any atom is -0.500 e. The number of rotatable bonds is 8. The number of phenols is 1. The second-order valence-electron chi connectivity index (χ2n) is 7.14. The Hall–Kier alpha value is -3.77. The van der Waals surface area contributed by atoms with Crippen LogP contribution in [0.5, 0.6) is 11.5 Å². The lowest BCUT2D eigenvalue weighted by Crippen LogP contribution is -2.61. The number of hydrogen-bond donors (Lipinski definition) is 5. The molecule has 14 nitrogen and oxygen atoms in total. The molecule has 1 heterocycles. The van der Waals surface area contributed by atoms with Crippen molar-refractivity contribution >= 4 is 23.6 Å². The second kappa shape index (κ2) is 10.9. The molecule has 0 aromatic heterocycles. The van der Waals surface area contributed by atoms with E-state index >= 15 is 0 Å². The molecule has 5 N–H and O–H groups in total. The van der Waals surface area contributed by atoms with Crippen LogP contribution in [-0.4, -0.2) is 91.0 Å². The molecular formula is C20H23N3O11. The Kier molecular flexibility index (Phi) is 8.49. The lowest BCUT2D eigenvalue weighted by Gasteiger charge is -2.38. The Labute approximate surface area is 192 Å². The van der Waals surface area contributed by atoms with E-state index in [0.717, 1.165) is 18.2 Å². The number of likely N-dealkylation sites (N-methyl/N-ethyl adjacent to an activating group) is 1. The summed E-state index contributed by atoms with van der Waals surface area (Å²) in [5.41, 5.74) is -1.37. The number of carbonyl (C=O) groups is 2. The highest BCUT2D eigenvalue weighted by molar-refractivity contribution is 6.01. The number of carboxylic acids is 1. The Morgan fingerprint density at radius 3 is 2.35 bits per heavy atom. The first-order valence-electron chi connectivity index (χ1n) is 9.98. The predicted molar refractivity (Wildman–Crippen MR) is 111 cm³/mol. The SMILES string of the molecule is CCN(CC)C(=O)/C(C#N)=C/c1cc(OC2OC(C(=O)O)C(O)C(O)C2O)c(O)c([N+](=O)[O-])c1. The molecule has 1 saturated heterocycles. The molecule has 0 radical (unpaired) electrons. The van der Waals surface area contributed by atoms with Crippen LogP contribution in [0.1, 0.15) is 19.4 Å². The summed E-state index contributed by atoms with van der Waals surface area (Å²) in [6, 6.07) is 3.56. The van der Waals surface area contributed by atoms with Crippen LogP contribution in [0.3, 0.4) is 0 Å². The zero-order chi connectivity index (χ0) is 25.7. The number of aliphatic hydroxyl groups is 3. The monoisotopic (exact) mass is 481 g/mol. The first kappa shape index (κ1) is 26.5. The number of aliphatic hydroxyl groups excluding tert-OH is 3. The van der Waals surface area contributed by atoms with Gasteiger partial charge in [0.2, 0.25) is 12.0 Å². The number of nitrogens with zero attached hydrogens (tertiary/aromatic N) is 3. The maximum Gasteiger partial charge on any atom is 0.335 e. The number of phenolic OH excluding ortho intramolecular Hbond substituents is 1. The van der Waals surface area contributed by atoms with Crippen molar-refractivity contribution in [1.82, 2.24) is 4.90 Å². The van der Waals surface area contributed by atoms with E-state index in [9.17, 15) is 45.4 Å². The highest BCUT2D eigenvalue weighted by Gasteiger charge is 2.48. The highest BCUT2D eigenvalue weighted by atomic mass is 16.7. The van der Waals surface area contributed by atoms with E-state index in [1.807, 2.05) is 0 Å². The molecule has 0 aliphatic carbocycles. The summed E-state index contributed by atoms with van der Waals surface area (Å²) >= 11 is 0. The van der Waals surface area contributed by atoms with E-state index in [1.165, 1.54) is 4.90 Å². The molecule has 1 aromatic carbocycles. The molecule has 0 saturated carbocycles. The number of ether oxygens (including phenoxy) is 2. The molecule has 0 bridgehead atoms. The van der Waals surface area contributed by atoms with Crippen LogP contribution in [0.4, 0.5) is 5.69 Å². The lowest BCUT2D eigenvalue weighted by molar-refractivity contribution is -0.386. The van der Waals surface area contributed by atoms with Gasteiger partial charge in [-0.1, -0.05) is 0 Å². The number of amides is 1. The normalized spacial score (nSPS) is 24.7. The predicted octanol–water partition coefficient (Wildman–Crippen LogP) is -0.653. The van der Waals surface area contributed by atoms with Gasteiger partial charge in [-0.15, -0.1) is 0 Å². The van der Waals surface area contributed by atoms with Gasteiger partial charge >= 0.3 is 11.7 Å². The second-order valence-corrected chi connectivity index (χ2v) is 7.14. The minimum atomic E-state index is -2.02.